The molecule has 32 heavy (non-hydrogen) atoms. The Balaban J connectivity index is 1.96. The maximum Gasteiger partial charge on any atom is 0.338 e. The van der Waals surface area contributed by atoms with Gasteiger partial charge in [0.05, 0.1) is 23.5 Å². The van der Waals surface area contributed by atoms with Crippen molar-refractivity contribution in [3.05, 3.63) is 82.8 Å². The number of nitrogens with two attached hydrogens (primary N) is 2. The lowest BCUT2D eigenvalue weighted by Gasteiger charge is -2.40. The number of sulfonamides is 1. The molecule has 1 heterocycles. The Kier molecular flexibility index (Phi) is 5.62. The topological polar surface area (TPSA) is 133 Å². The first kappa shape index (κ1) is 21.8. The van der Waals surface area contributed by atoms with Crippen LogP contribution in [0.15, 0.2) is 82.2 Å². The zero-order chi connectivity index (χ0) is 23.0. The van der Waals surface area contributed by atoms with Crippen LogP contribution in [-0.2, 0) is 24.3 Å². The highest BCUT2D eigenvalue weighted by Crippen LogP contribution is 2.46. The molecule has 0 amide bonds. The molecule has 9 heteroatoms. The molecule has 2 aliphatic rings. The second-order valence-corrected chi connectivity index (χ2v) is 9.21. The van der Waals surface area contributed by atoms with Crippen molar-refractivity contribution in [2.45, 2.75) is 30.1 Å². The number of anilines is 1. The number of benzene rings is 2. The fourth-order valence-corrected chi connectivity index (χ4v) is 4.87. The average molecular weight is 454 g/mol. The maximum absolute atomic E-state index is 13.1. The number of carbonyl (C=O) groups excluding carboxylic acids is 2. The van der Waals surface area contributed by atoms with Crippen molar-refractivity contribution < 1.29 is 22.7 Å². The normalized spacial score (nSPS) is 19.1. The summed E-state index contributed by atoms with van der Waals surface area (Å²) in [5, 5.41) is 5.21. The Morgan fingerprint density at radius 1 is 1.06 bits per heavy atom. The van der Waals surface area contributed by atoms with E-state index >= 15 is 0 Å². The summed E-state index contributed by atoms with van der Waals surface area (Å²) in [4.78, 5) is 27.6. The predicted octanol–water partition coefficient (Wildman–Crippen LogP) is 2.29. The number of rotatable bonds is 4. The zero-order valence-electron chi connectivity index (χ0n) is 17.4. The Morgan fingerprint density at radius 2 is 1.72 bits per heavy atom. The minimum atomic E-state index is -3.87. The van der Waals surface area contributed by atoms with Gasteiger partial charge in [0.25, 0.3) is 0 Å². The summed E-state index contributed by atoms with van der Waals surface area (Å²) in [6.45, 7) is 0. The number of methoxy groups -OCH3 is 1. The van der Waals surface area contributed by atoms with Gasteiger partial charge in [0.15, 0.2) is 5.78 Å². The molecule has 2 aromatic carbocycles. The first-order valence-electron chi connectivity index (χ1n) is 10.1. The fraction of sp³-hybridized carbons (Fsp3) is 0.217. The predicted molar refractivity (Wildman–Crippen MR) is 119 cm³/mol. The van der Waals surface area contributed by atoms with Crippen LogP contribution < -0.4 is 15.8 Å². The van der Waals surface area contributed by atoms with E-state index in [2.05, 4.69) is 0 Å². The van der Waals surface area contributed by atoms with Crippen molar-refractivity contribution in [1.29, 1.82) is 0 Å². The summed E-state index contributed by atoms with van der Waals surface area (Å²) in [7, 11) is -2.60. The van der Waals surface area contributed by atoms with Crippen molar-refractivity contribution in [2.24, 2.45) is 10.9 Å². The number of carbonyl (C=O) groups is 2. The van der Waals surface area contributed by atoms with Gasteiger partial charge in [0, 0.05) is 23.4 Å². The summed E-state index contributed by atoms with van der Waals surface area (Å²) in [6, 6.07) is 15.1. The molecule has 4 rings (SSSR count). The van der Waals surface area contributed by atoms with Crippen LogP contribution in [0.4, 0.5) is 5.69 Å². The van der Waals surface area contributed by atoms with Crippen LogP contribution in [0.2, 0.25) is 0 Å². The maximum atomic E-state index is 13.1. The van der Waals surface area contributed by atoms with Crippen LogP contribution in [0, 0.1) is 0 Å². The number of hydrogen-bond acceptors (Lipinski definition) is 7. The van der Waals surface area contributed by atoms with Crippen LogP contribution >= 0.6 is 0 Å². The fourth-order valence-electron chi connectivity index (χ4n) is 4.36. The van der Waals surface area contributed by atoms with E-state index < -0.39 is 21.9 Å². The molecule has 4 N–H and O–H groups in total. The van der Waals surface area contributed by atoms with Crippen molar-refractivity contribution in [1.82, 2.24) is 0 Å². The molecular formula is C23H23N3O5S. The number of nitrogens with zero attached hydrogens (tertiary/aromatic N) is 1. The molecule has 1 aliphatic heterocycles. The van der Waals surface area contributed by atoms with E-state index in [0.717, 1.165) is 5.56 Å². The standard InChI is InChI=1S/C23H23N3O5S/c1-31-23(28)21-19(14-6-3-2-4-7-14)20-17(8-5-9-18(20)27)26(22(21)24)15-10-12-16(13-11-15)32(25,29)30/h2-4,6-7,10-13,19H,5,8-9,24H2,1H3,(H2,25,29,30). The van der Waals surface area contributed by atoms with Gasteiger partial charge in [0.1, 0.15) is 5.82 Å². The van der Waals surface area contributed by atoms with E-state index in [9.17, 15) is 18.0 Å². The number of primary sulfonamides is 1. The molecular weight excluding hydrogens is 430 g/mol. The summed E-state index contributed by atoms with van der Waals surface area (Å²) >= 11 is 0. The number of ether oxygens (including phenoxy) is 1. The van der Waals surface area contributed by atoms with Crippen molar-refractivity contribution in [2.75, 3.05) is 12.0 Å². The van der Waals surface area contributed by atoms with E-state index in [-0.39, 0.29) is 22.1 Å². The molecule has 166 valence electrons. The summed E-state index contributed by atoms with van der Waals surface area (Å²) in [5.41, 5.74) is 9.21. The lowest BCUT2D eigenvalue weighted by atomic mass is 9.75. The minimum Gasteiger partial charge on any atom is -0.466 e. The summed E-state index contributed by atoms with van der Waals surface area (Å²) in [6.07, 6.45) is 1.59. The lowest BCUT2D eigenvalue weighted by molar-refractivity contribution is -0.136. The van der Waals surface area contributed by atoms with E-state index in [1.54, 1.807) is 17.0 Å². The Bertz CT molecular complexity index is 1250. The molecule has 1 unspecified atom stereocenters. The van der Waals surface area contributed by atoms with Crippen LogP contribution in [0.5, 0.6) is 0 Å². The van der Waals surface area contributed by atoms with Gasteiger partial charge in [-0.05, 0) is 42.7 Å². The monoisotopic (exact) mass is 453 g/mol. The van der Waals surface area contributed by atoms with E-state index in [0.29, 0.717) is 36.2 Å². The minimum absolute atomic E-state index is 0.0508. The quantitative estimate of drug-likeness (QED) is 0.679. The van der Waals surface area contributed by atoms with Gasteiger partial charge < -0.3 is 10.5 Å². The van der Waals surface area contributed by atoms with Gasteiger partial charge in [-0.1, -0.05) is 30.3 Å². The first-order chi connectivity index (χ1) is 15.2. The highest BCUT2D eigenvalue weighted by atomic mass is 32.2. The van der Waals surface area contributed by atoms with Gasteiger partial charge in [-0.15, -0.1) is 0 Å². The van der Waals surface area contributed by atoms with Gasteiger partial charge in [0.2, 0.25) is 10.0 Å². The molecule has 1 atom stereocenters. The lowest BCUT2D eigenvalue weighted by Crippen LogP contribution is -2.40. The highest BCUT2D eigenvalue weighted by Gasteiger charge is 2.42. The van der Waals surface area contributed by atoms with Crippen molar-refractivity contribution >= 4 is 27.5 Å². The van der Waals surface area contributed by atoms with E-state index in [1.165, 1.54) is 19.2 Å². The Labute approximate surface area is 186 Å². The van der Waals surface area contributed by atoms with E-state index in [1.807, 2.05) is 30.3 Å². The van der Waals surface area contributed by atoms with Gasteiger partial charge in [-0.2, -0.15) is 0 Å². The molecule has 0 bridgehead atoms. The van der Waals surface area contributed by atoms with Gasteiger partial charge in [-0.3, -0.25) is 9.69 Å². The molecule has 1 aliphatic carbocycles. The smallest absolute Gasteiger partial charge is 0.338 e. The van der Waals surface area contributed by atoms with Crippen LogP contribution in [0.25, 0.3) is 0 Å². The molecule has 0 fully saturated rings. The number of hydrogen-bond donors (Lipinski definition) is 2. The number of allylic oxidation sites excluding steroid dienone is 2. The van der Waals surface area contributed by atoms with E-state index in [4.69, 9.17) is 15.6 Å². The molecule has 8 nitrogen and oxygen atoms in total. The van der Waals surface area contributed by atoms with Crippen molar-refractivity contribution in [3.63, 3.8) is 0 Å². The second-order valence-electron chi connectivity index (χ2n) is 7.65. The number of esters is 1. The SMILES string of the molecule is COC(=O)C1=C(N)N(c2ccc(S(N)(=O)=O)cc2)C2=C(C(=O)CCC2)C1c1ccccc1. The molecule has 0 aromatic heterocycles. The molecule has 0 radical (unpaired) electrons. The number of Topliss-reactive ketones (excluding diaryl/α,β-unsaturated/α-hetero) is 1. The third-order valence-corrected chi connectivity index (χ3v) is 6.68. The molecule has 0 spiro atoms. The molecule has 0 saturated heterocycles. The molecule has 2 aromatic rings. The molecule has 0 saturated carbocycles. The Morgan fingerprint density at radius 3 is 2.31 bits per heavy atom. The number of ketones is 1. The summed E-state index contributed by atoms with van der Waals surface area (Å²) in [5.74, 6) is -1.19. The highest BCUT2D eigenvalue weighted by molar-refractivity contribution is 7.89. The van der Waals surface area contributed by atoms with Crippen LogP contribution in [0.3, 0.4) is 0 Å². The first-order valence-corrected chi connectivity index (χ1v) is 11.6. The van der Waals surface area contributed by atoms with Crippen molar-refractivity contribution in [3.8, 4) is 0 Å². The average Bonchev–Trinajstić information content (AvgIpc) is 2.78. The Hall–Kier alpha value is -3.43. The second kappa shape index (κ2) is 8.25. The summed E-state index contributed by atoms with van der Waals surface area (Å²) < 4.78 is 28.3. The largest absolute Gasteiger partial charge is 0.466 e. The van der Waals surface area contributed by atoms with Gasteiger partial charge in [-0.25, -0.2) is 18.4 Å². The van der Waals surface area contributed by atoms with Crippen LogP contribution in [0.1, 0.15) is 30.7 Å². The van der Waals surface area contributed by atoms with Gasteiger partial charge >= 0.3 is 5.97 Å². The van der Waals surface area contributed by atoms with Crippen LogP contribution in [-0.4, -0.2) is 27.3 Å². The third-order valence-electron chi connectivity index (χ3n) is 5.75. The third kappa shape index (κ3) is 3.69. The zero-order valence-corrected chi connectivity index (χ0v) is 18.3.